The fourth-order valence-corrected chi connectivity index (χ4v) is 4.67. The van der Waals surface area contributed by atoms with Crippen molar-refractivity contribution in [3.63, 3.8) is 0 Å². The molecule has 0 aliphatic rings. The number of guanidine groups is 1. The molecule has 1 atom stereocenters. The maximum atomic E-state index is 13.9. The number of nitrogens with zero attached hydrogens (tertiary/aromatic N) is 2. The number of pyridine rings is 1. The van der Waals surface area contributed by atoms with Crippen molar-refractivity contribution < 1.29 is 23.9 Å². The smallest absolute Gasteiger partial charge is 0.413 e. The Labute approximate surface area is 270 Å². The second kappa shape index (κ2) is 17.0. The lowest BCUT2D eigenvalue weighted by atomic mass is 9.98. The first kappa shape index (κ1) is 35.5. The van der Waals surface area contributed by atoms with Crippen molar-refractivity contribution in [2.24, 2.45) is 4.99 Å². The third-order valence-corrected chi connectivity index (χ3v) is 6.57. The van der Waals surface area contributed by atoms with Crippen LogP contribution in [-0.4, -0.2) is 59.3 Å². The zero-order valence-corrected chi connectivity index (χ0v) is 27.4. The number of alkyl carbamates (subject to hydrolysis) is 1. The molecule has 1 heterocycles. The van der Waals surface area contributed by atoms with Crippen molar-refractivity contribution in [1.29, 1.82) is 0 Å². The number of carbonyl (C=O) groups is 3. The molecule has 0 saturated heterocycles. The van der Waals surface area contributed by atoms with E-state index in [4.69, 9.17) is 9.47 Å². The highest BCUT2D eigenvalue weighted by Crippen LogP contribution is 2.25. The van der Waals surface area contributed by atoms with Crippen LogP contribution >= 0.6 is 0 Å². The van der Waals surface area contributed by atoms with E-state index in [2.05, 4.69) is 20.9 Å². The summed E-state index contributed by atoms with van der Waals surface area (Å²) in [6, 6.07) is 20.7. The summed E-state index contributed by atoms with van der Waals surface area (Å²) >= 11 is 0. The Morgan fingerprint density at radius 3 is 2.04 bits per heavy atom. The highest BCUT2D eigenvalue weighted by molar-refractivity contribution is 5.96. The number of benzene rings is 2. The highest BCUT2D eigenvalue weighted by Gasteiger charge is 2.28. The van der Waals surface area contributed by atoms with E-state index in [0.717, 1.165) is 11.1 Å². The molecule has 0 fully saturated rings. The van der Waals surface area contributed by atoms with Gasteiger partial charge >= 0.3 is 12.1 Å². The summed E-state index contributed by atoms with van der Waals surface area (Å²) in [5, 5.41) is 8.35. The van der Waals surface area contributed by atoms with Crippen LogP contribution in [0.2, 0.25) is 0 Å². The van der Waals surface area contributed by atoms with Gasteiger partial charge in [0.1, 0.15) is 17.2 Å². The van der Waals surface area contributed by atoms with E-state index >= 15 is 0 Å². The largest absolute Gasteiger partial charge is 0.458 e. The van der Waals surface area contributed by atoms with Crippen molar-refractivity contribution in [2.75, 3.05) is 13.2 Å². The number of aliphatic imine (C=N–C) groups is 1. The summed E-state index contributed by atoms with van der Waals surface area (Å²) in [7, 11) is 0. The van der Waals surface area contributed by atoms with Crippen molar-refractivity contribution in [1.82, 2.24) is 20.5 Å². The second-order valence-corrected chi connectivity index (χ2v) is 11.9. The zero-order chi connectivity index (χ0) is 33.7. The third kappa shape index (κ3) is 10.9. The van der Waals surface area contributed by atoms with Gasteiger partial charge in [0.2, 0.25) is 5.96 Å². The van der Waals surface area contributed by atoms with Gasteiger partial charge in [-0.3, -0.25) is 19.9 Å². The molecular formula is C35H45N5O6. The number of nitrogens with one attached hydrogen (secondary N) is 3. The molecule has 0 bridgehead atoms. The Morgan fingerprint density at radius 2 is 1.50 bits per heavy atom. The normalized spacial score (nSPS) is 12.4. The molecule has 1 aromatic heterocycles. The monoisotopic (exact) mass is 631 g/mol. The highest BCUT2D eigenvalue weighted by atomic mass is 16.6. The SMILES string of the molecule is CCOC(=O)NC(=NCCC[C@H](NC(=O)c1cccn(C(c2ccccc2)c2ccccc2)c1=O)C(=O)OC(C)(C)C)NC(C)C. The Morgan fingerprint density at radius 1 is 0.891 bits per heavy atom. The minimum Gasteiger partial charge on any atom is -0.458 e. The number of hydrogen-bond acceptors (Lipinski definition) is 7. The summed E-state index contributed by atoms with van der Waals surface area (Å²) in [5.41, 5.74) is 0.357. The Bertz CT molecular complexity index is 1490. The van der Waals surface area contributed by atoms with Crippen LogP contribution in [0.15, 0.2) is 88.8 Å². The molecule has 0 aliphatic heterocycles. The first-order valence-electron chi connectivity index (χ1n) is 15.5. The maximum absolute atomic E-state index is 13.9. The van der Waals surface area contributed by atoms with Gasteiger partial charge in [-0.1, -0.05) is 60.7 Å². The summed E-state index contributed by atoms with van der Waals surface area (Å²) < 4.78 is 12.1. The maximum Gasteiger partial charge on any atom is 0.413 e. The van der Waals surface area contributed by atoms with E-state index in [0.29, 0.717) is 6.42 Å². The van der Waals surface area contributed by atoms with Gasteiger partial charge in [-0.05, 0) is 77.6 Å². The number of esters is 1. The average molecular weight is 632 g/mol. The fraction of sp³-hybridized carbons (Fsp3) is 0.400. The quantitative estimate of drug-likeness (QED) is 0.113. The predicted molar refractivity (Wildman–Crippen MR) is 178 cm³/mol. The molecule has 0 spiro atoms. The van der Waals surface area contributed by atoms with E-state index in [-0.39, 0.29) is 37.1 Å². The van der Waals surface area contributed by atoms with Crippen molar-refractivity contribution >= 4 is 23.9 Å². The summed E-state index contributed by atoms with van der Waals surface area (Å²) in [4.78, 5) is 57.0. The molecule has 3 N–H and O–H groups in total. The minimum atomic E-state index is -1.05. The minimum absolute atomic E-state index is 0.00669. The lowest BCUT2D eigenvalue weighted by molar-refractivity contribution is -0.157. The van der Waals surface area contributed by atoms with Crippen LogP contribution < -0.4 is 21.5 Å². The standard InChI is InChI=1S/C35H45N5O6/c1-7-45-34(44)39-33(37-24(2)3)36-22-14-21-28(32(43)46-35(4,5)6)38-30(41)27-20-15-23-40(31(27)42)29(25-16-10-8-11-17-25)26-18-12-9-13-19-26/h8-13,15-20,23-24,28-29H,7,14,21-22H2,1-6H3,(H,38,41)(H2,36,37,39,44)/t28-/m0/s1. The van der Waals surface area contributed by atoms with E-state index in [1.54, 1.807) is 40.0 Å². The van der Waals surface area contributed by atoms with Crippen LogP contribution in [0, 0.1) is 0 Å². The summed E-state index contributed by atoms with van der Waals surface area (Å²) in [6.45, 7) is 11.2. The summed E-state index contributed by atoms with van der Waals surface area (Å²) in [6.07, 6.45) is 1.56. The lowest BCUT2D eigenvalue weighted by Crippen LogP contribution is -2.46. The average Bonchev–Trinajstić information content (AvgIpc) is 2.99. The van der Waals surface area contributed by atoms with Crippen LogP contribution in [0.1, 0.15) is 81.9 Å². The first-order valence-corrected chi connectivity index (χ1v) is 15.5. The van der Waals surface area contributed by atoms with Gasteiger partial charge in [0.05, 0.1) is 12.6 Å². The number of ether oxygens (including phenoxy) is 2. The Kier molecular flexibility index (Phi) is 13.1. The molecule has 3 aromatic rings. The first-order chi connectivity index (χ1) is 21.9. The van der Waals surface area contributed by atoms with Crippen LogP contribution in [0.25, 0.3) is 0 Å². The Hall–Kier alpha value is -4.93. The van der Waals surface area contributed by atoms with E-state index in [1.165, 1.54) is 10.6 Å². The molecular weight excluding hydrogens is 586 g/mol. The van der Waals surface area contributed by atoms with E-state index in [1.807, 2.05) is 74.5 Å². The Balaban J connectivity index is 1.85. The number of amides is 2. The fourth-order valence-electron chi connectivity index (χ4n) is 4.67. The van der Waals surface area contributed by atoms with Gasteiger partial charge in [-0.25, -0.2) is 9.59 Å². The van der Waals surface area contributed by atoms with Gasteiger partial charge in [-0.15, -0.1) is 0 Å². The van der Waals surface area contributed by atoms with Crippen LogP contribution in [0.3, 0.4) is 0 Å². The number of carbonyl (C=O) groups excluding carboxylic acids is 3. The molecule has 3 rings (SSSR count). The topological polar surface area (TPSA) is 140 Å². The van der Waals surface area contributed by atoms with Crippen LogP contribution in [0.4, 0.5) is 4.79 Å². The molecule has 46 heavy (non-hydrogen) atoms. The van der Waals surface area contributed by atoms with Gasteiger partial charge in [0.15, 0.2) is 0 Å². The zero-order valence-electron chi connectivity index (χ0n) is 27.4. The van der Waals surface area contributed by atoms with Gasteiger partial charge in [-0.2, -0.15) is 0 Å². The van der Waals surface area contributed by atoms with Crippen molar-refractivity contribution in [3.8, 4) is 0 Å². The predicted octanol–water partition coefficient (Wildman–Crippen LogP) is 4.81. The van der Waals surface area contributed by atoms with Gasteiger partial charge in [0.25, 0.3) is 11.5 Å². The molecule has 0 radical (unpaired) electrons. The van der Waals surface area contributed by atoms with Crippen molar-refractivity contribution in [3.05, 3.63) is 106 Å². The van der Waals surface area contributed by atoms with Gasteiger partial charge in [0, 0.05) is 18.8 Å². The summed E-state index contributed by atoms with van der Waals surface area (Å²) in [5.74, 6) is -1.08. The molecule has 11 nitrogen and oxygen atoms in total. The van der Waals surface area contributed by atoms with E-state index < -0.39 is 41.2 Å². The third-order valence-electron chi connectivity index (χ3n) is 6.57. The molecule has 2 amide bonds. The molecule has 0 unspecified atom stereocenters. The molecule has 246 valence electrons. The second-order valence-electron chi connectivity index (χ2n) is 11.9. The molecule has 0 saturated carbocycles. The number of hydrogen-bond donors (Lipinski definition) is 3. The molecule has 2 aromatic carbocycles. The van der Waals surface area contributed by atoms with Crippen LogP contribution in [0.5, 0.6) is 0 Å². The van der Waals surface area contributed by atoms with Crippen molar-refractivity contribution in [2.45, 2.75) is 78.1 Å². The van der Waals surface area contributed by atoms with Crippen LogP contribution in [-0.2, 0) is 14.3 Å². The lowest BCUT2D eigenvalue weighted by Gasteiger charge is -2.25. The van der Waals surface area contributed by atoms with Gasteiger partial charge < -0.3 is 24.7 Å². The molecule has 11 heteroatoms. The molecule has 0 aliphatic carbocycles. The number of rotatable bonds is 12. The van der Waals surface area contributed by atoms with E-state index in [9.17, 15) is 19.2 Å². The number of aromatic nitrogens is 1.